The SMILES string of the molecule is CCCNC(=O)c1ccc(NC(=O)C2CCN(S(=O)(=O)c3ccc(OC)cc3)CC2)cc1Cl. The van der Waals surface area contributed by atoms with Crippen LogP contribution in [0.15, 0.2) is 47.4 Å². The number of amides is 2. The Kier molecular flexibility index (Phi) is 8.34. The first-order valence-electron chi connectivity index (χ1n) is 10.8. The molecule has 10 heteroatoms. The molecule has 0 radical (unpaired) electrons. The van der Waals surface area contributed by atoms with Gasteiger partial charge in [0.05, 0.1) is 22.6 Å². The second-order valence-corrected chi connectivity index (χ2v) is 10.1. The van der Waals surface area contributed by atoms with Gasteiger partial charge in [-0.15, -0.1) is 0 Å². The summed E-state index contributed by atoms with van der Waals surface area (Å²) in [6.07, 6.45) is 1.64. The van der Waals surface area contributed by atoms with E-state index in [1.807, 2.05) is 6.92 Å². The monoisotopic (exact) mass is 493 g/mol. The van der Waals surface area contributed by atoms with Crippen molar-refractivity contribution < 1.29 is 22.7 Å². The molecule has 0 atom stereocenters. The second-order valence-electron chi connectivity index (χ2n) is 7.79. The topological polar surface area (TPSA) is 105 Å². The van der Waals surface area contributed by atoms with Gasteiger partial charge >= 0.3 is 0 Å². The molecule has 1 aliphatic heterocycles. The van der Waals surface area contributed by atoms with E-state index in [0.29, 0.717) is 36.4 Å². The number of rotatable bonds is 8. The summed E-state index contributed by atoms with van der Waals surface area (Å²) >= 11 is 6.23. The maximum absolute atomic E-state index is 12.9. The number of nitrogens with zero attached hydrogens (tertiary/aromatic N) is 1. The number of carbonyl (C=O) groups is 2. The molecule has 3 rings (SSSR count). The summed E-state index contributed by atoms with van der Waals surface area (Å²) in [5.41, 5.74) is 0.838. The Morgan fingerprint density at radius 1 is 1.12 bits per heavy atom. The molecule has 0 saturated carbocycles. The van der Waals surface area contributed by atoms with E-state index in [-0.39, 0.29) is 40.7 Å². The zero-order valence-electron chi connectivity index (χ0n) is 18.6. The third kappa shape index (κ3) is 6.04. The number of ether oxygens (including phenoxy) is 1. The van der Waals surface area contributed by atoms with Crippen molar-refractivity contribution in [2.45, 2.75) is 31.1 Å². The molecular weight excluding hydrogens is 466 g/mol. The van der Waals surface area contributed by atoms with Crippen LogP contribution in [0.3, 0.4) is 0 Å². The molecule has 0 spiro atoms. The van der Waals surface area contributed by atoms with Crippen LogP contribution in [0.25, 0.3) is 0 Å². The van der Waals surface area contributed by atoms with Gasteiger partial charge in [-0.05, 0) is 61.7 Å². The van der Waals surface area contributed by atoms with Crippen LogP contribution in [0.1, 0.15) is 36.5 Å². The van der Waals surface area contributed by atoms with Crippen LogP contribution >= 0.6 is 11.6 Å². The zero-order valence-corrected chi connectivity index (χ0v) is 20.2. The van der Waals surface area contributed by atoms with Crippen LogP contribution in [-0.2, 0) is 14.8 Å². The fraction of sp³-hybridized carbons (Fsp3) is 0.391. The van der Waals surface area contributed by atoms with E-state index in [4.69, 9.17) is 16.3 Å². The van der Waals surface area contributed by atoms with Gasteiger partial charge in [0.2, 0.25) is 15.9 Å². The molecule has 0 aromatic heterocycles. The van der Waals surface area contributed by atoms with Gasteiger partial charge in [-0.1, -0.05) is 18.5 Å². The molecule has 1 aliphatic rings. The fourth-order valence-corrected chi connectivity index (χ4v) is 5.35. The fourth-order valence-electron chi connectivity index (χ4n) is 3.61. The molecule has 8 nitrogen and oxygen atoms in total. The van der Waals surface area contributed by atoms with Crippen molar-refractivity contribution in [1.82, 2.24) is 9.62 Å². The number of anilines is 1. The number of sulfonamides is 1. The van der Waals surface area contributed by atoms with Crippen molar-refractivity contribution in [2.75, 3.05) is 32.1 Å². The van der Waals surface area contributed by atoms with Crippen molar-refractivity contribution in [3.8, 4) is 5.75 Å². The Morgan fingerprint density at radius 3 is 2.36 bits per heavy atom. The third-order valence-electron chi connectivity index (χ3n) is 5.54. The summed E-state index contributed by atoms with van der Waals surface area (Å²) in [7, 11) is -2.11. The molecular formula is C23H28ClN3O5S. The highest BCUT2D eigenvalue weighted by atomic mass is 35.5. The van der Waals surface area contributed by atoms with Gasteiger partial charge < -0.3 is 15.4 Å². The number of methoxy groups -OCH3 is 1. The average Bonchev–Trinajstić information content (AvgIpc) is 2.82. The maximum atomic E-state index is 12.9. The highest BCUT2D eigenvalue weighted by Crippen LogP contribution is 2.27. The highest BCUT2D eigenvalue weighted by molar-refractivity contribution is 7.89. The van der Waals surface area contributed by atoms with Crippen LogP contribution in [-0.4, -0.2) is 51.3 Å². The van der Waals surface area contributed by atoms with Crippen LogP contribution in [0.5, 0.6) is 5.75 Å². The first-order chi connectivity index (χ1) is 15.8. The lowest BCUT2D eigenvalue weighted by Gasteiger charge is -2.30. The number of piperidine rings is 1. The van der Waals surface area contributed by atoms with Crippen molar-refractivity contribution >= 4 is 39.1 Å². The third-order valence-corrected chi connectivity index (χ3v) is 7.76. The maximum Gasteiger partial charge on any atom is 0.252 e. The Morgan fingerprint density at radius 2 is 1.79 bits per heavy atom. The predicted molar refractivity (Wildman–Crippen MR) is 127 cm³/mol. The minimum atomic E-state index is -3.63. The van der Waals surface area contributed by atoms with E-state index in [2.05, 4.69) is 10.6 Å². The number of benzene rings is 2. The number of nitrogens with one attached hydrogen (secondary N) is 2. The summed E-state index contributed by atoms with van der Waals surface area (Å²) in [4.78, 5) is 25.0. The summed E-state index contributed by atoms with van der Waals surface area (Å²) < 4.78 is 32.2. The molecule has 33 heavy (non-hydrogen) atoms. The Labute approximate surface area is 199 Å². The molecule has 2 aromatic carbocycles. The molecule has 0 unspecified atom stereocenters. The van der Waals surface area contributed by atoms with Gasteiger partial charge in [0.15, 0.2) is 0 Å². The van der Waals surface area contributed by atoms with Gasteiger partial charge in [0.1, 0.15) is 5.75 Å². The first kappa shape index (κ1) is 25.0. The Balaban J connectivity index is 1.58. The van der Waals surface area contributed by atoms with Gasteiger partial charge in [-0.2, -0.15) is 4.31 Å². The Hall–Kier alpha value is -2.62. The van der Waals surface area contributed by atoms with E-state index < -0.39 is 10.0 Å². The summed E-state index contributed by atoms with van der Waals surface area (Å²) in [6.45, 7) is 3.02. The molecule has 2 amide bonds. The van der Waals surface area contributed by atoms with Crippen molar-refractivity contribution in [3.63, 3.8) is 0 Å². The largest absolute Gasteiger partial charge is 0.497 e. The number of hydrogen-bond donors (Lipinski definition) is 2. The smallest absolute Gasteiger partial charge is 0.252 e. The van der Waals surface area contributed by atoms with Crippen molar-refractivity contribution in [1.29, 1.82) is 0 Å². The van der Waals surface area contributed by atoms with Crippen LogP contribution in [0.4, 0.5) is 5.69 Å². The predicted octanol–water partition coefficient (Wildman–Crippen LogP) is 3.53. The van der Waals surface area contributed by atoms with E-state index in [1.165, 1.54) is 23.5 Å². The Bertz CT molecular complexity index is 1100. The molecule has 1 fully saturated rings. The van der Waals surface area contributed by atoms with Gasteiger partial charge in [0.25, 0.3) is 5.91 Å². The standard InChI is InChI=1S/C23H28ClN3O5S/c1-3-12-25-23(29)20-9-4-17(15-21(20)24)26-22(28)16-10-13-27(14-11-16)33(30,31)19-7-5-18(32-2)6-8-19/h4-9,15-16H,3,10-14H2,1-2H3,(H,25,29)(H,26,28). The molecule has 2 aromatic rings. The van der Waals surface area contributed by atoms with E-state index in [0.717, 1.165) is 6.42 Å². The van der Waals surface area contributed by atoms with E-state index in [9.17, 15) is 18.0 Å². The minimum Gasteiger partial charge on any atom is -0.497 e. The molecule has 1 saturated heterocycles. The number of carbonyl (C=O) groups excluding carboxylic acids is 2. The number of halogens is 1. The lowest BCUT2D eigenvalue weighted by atomic mass is 9.97. The highest BCUT2D eigenvalue weighted by Gasteiger charge is 2.32. The quantitative estimate of drug-likeness (QED) is 0.585. The lowest BCUT2D eigenvalue weighted by Crippen LogP contribution is -2.41. The van der Waals surface area contributed by atoms with Crippen molar-refractivity contribution in [2.24, 2.45) is 5.92 Å². The van der Waals surface area contributed by atoms with E-state index in [1.54, 1.807) is 30.3 Å². The van der Waals surface area contributed by atoms with Crippen LogP contribution in [0, 0.1) is 5.92 Å². The van der Waals surface area contributed by atoms with Gasteiger partial charge in [-0.3, -0.25) is 9.59 Å². The molecule has 0 bridgehead atoms. The normalized spacial score (nSPS) is 15.1. The molecule has 2 N–H and O–H groups in total. The van der Waals surface area contributed by atoms with Crippen molar-refractivity contribution in [3.05, 3.63) is 53.1 Å². The van der Waals surface area contributed by atoms with E-state index >= 15 is 0 Å². The molecule has 178 valence electrons. The second kappa shape index (κ2) is 11.0. The summed E-state index contributed by atoms with van der Waals surface area (Å²) in [6, 6.07) is 11.0. The lowest BCUT2D eigenvalue weighted by molar-refractivity contribution is -0.120. The van der Waals surface area contributed by atoms with Crippen LogP contribution < -0.4 is 15.4 Å². The summed E-state index contributed by atoms with van der Waals surface area (Å²) in [5.74, 6) is -0.196. The summed E-state index contributed by atoms with van der Waals surface area (Å²) in [5, 5.41) is 5.84. The average molecular weight is 494 g/mol. The van der Waals surface area contributed by atoms with Gasteiger partial charge in [-0.25, -0.2) is 8.42 Å². The minimum absolute atomic E-state index is 0.198. The molecule has 1 heterocycles. The number of hydrogen-bond acceptors (Lipinski definition) is 5. The van der Waals surface area contributed by atoms with Crippen LogP contribution in [0.2, 0.25) is 5.02 Å². The van der Waals surface area contributed by atoms with Gasteiger partial charge in [0, 0.05) is 31.2 Å². The zero-order chi connectivity index (χ0) is 24.0. The first-order valence-corrected chi connectivity index (χ1v) is 12.6. The molecule has 0 aliphatic carbocycles.